The number of rotatable bonds is 13. The summed E-state index contributed by atoms with van der Waals surface area (Å²) in [7, 11) is 3.58. The number of methoxy groups -OCH3 is 2. The molecular formula is C29H40N2O5S. The first-order valence-electron chi connectivity index (χ1n) is 12.7. The minimum atomic E-state index is -3.62. The molecule has 2 aromatic carbocycles. The quantitative estimate of drug-likeness (QED) is 0.291. The zero-order chi connectivity index (χ0) is 27.2. The van der Waals surface area contributed by atoms with Crippen molar-refractivity contribution >= 4 is 9.84 Å². The molecule has 0 aliphatic heterocycles. The fourth-order valence-corrected chi connectivity index (χ4v) is 6.47. The summed E-state index contributed by atoms with van der Waals surface area (Å²) in [6.07, 6.45) is 2.58. The van der Waals surface area contributed by atoms with Crippen LogP contribution in [0.25, 0.3) is 0 Å². The maximum absolute atomic E-state index is 13.4. The van der Waals surface area contributed by atoms with Gasteiger partial charge in [-0.3, -0.25) is 0 Å². The van der Waals surface area contributed by atoms with E-state index in [1.165, 1.54) is 5.56 Å². The Hall–Kier alpha value is -2.97. The third-order valence-electron chi connectivity index (χ3n) is 6.94. The smallest absolute Gasteiger partial charge is 0.222 e. The third kappa shape index (κ3) is 6.48. The van der Waals surface area contributed by atoms with Crippen LogP contribution < -0.4 is 14.2 Å². The molecule has 37 heavy (non-hydrogen) atoms. The minimum Gasteiger partial charge on any atom is -0.494 e. The van der Waals surface area contributed by atoms with Crippen LogP contribution in [0.15, 0.2) is 52.4 Å². The van der Waals surface area contributed by atoms with Gasteiger partial charge in [0.05, 0.1) is 25.7 Å². The molecule has 0 saturated carbocycles. The largest absolute Gasteiger partial charge is 0.494 e. The average molecular weight is 529 g/mol. The van der Waals surface area contributed by atoms with Crippen molar-refractivity contribution in [1.29, 1.82) is 0 Å². The number of likely N-dealkylation sites (N-methyl/N-ethyl adjacent to an activating group) is 1. The number of sulfone groups is 1. The van der Waals surface area contributed by atoms with E-state index in [2.05, 4.69) is 18.0 Å². The molecule has 1 heterocycles. The summed E-state index contributed by atoms with van der Waals surface area (Å²) in [6.45, 7) is 8.28. The predicted molar refractivity (Wildman–Crippen MR) is 147 cm³/mol. The Morgan fingerprint density at radius 1 is 0.946 bits per heavy atom. The van der Waals surface area contributed by atoms with Crippen LogP contribution in [0.4, 0.5) is 0 Å². The highest BCUT2D eigenvalue weighted by atomic mass is 32.2. The van der Waals surface area contributed by atoms with Crippen molar-refractivity contribution in [1.82, 2.24) is 9.47 Å². The molecule has 3 rings (SSSR count). The molecule has 0 fully saturated rings. The maximum atomic E-state index is 13.4. The lowest BCUT2D eigenvalue weighted by molar-refractivity contribution is 0.264. The van der Waals surface area contributed by atoms with Crippen molar-refractivity contribution in [2.45, 2.75) is 50.0 Å². The Morgan fingerprint density at radius 3 is 2.22 bits per heavy atom. The van der Waals surface area contributed by atoms with E-state index in [4.69, 9.17) is 14.2 Å². The van der Waals surface area contributed by atoms with Crippen LogP contribution in [0.2, 0.25) is 0 Å². The Morgan fingerprint density at radius 2 is 1.62 bits per heavy atom. The zero-order valence-corrected chi connectivity index (χ0v) is 23.9. The lowest BCUT2D eigenvalue weighted by atomic mass is 10.1. The summed E-state index contributed by atoms with van der Waals surface area (Å²) < 4.78 is 45.1. The zero-order valence-electron chi connectivity index (χ0n) is 23.1. The van der Waals surface area contributed by atoms with Gasteiger partial charge in [-0.25, -0.2) is 8.42 Å². The van der Waals surface area contributed by atoms with Gasteiger partial charge in [0.25, 0.3) is 0 Å². The van der Waals surface area contributed by atoms with Crippen molar-refractivity contribution < 1.29 is 22.6 Å². The molecule has 0 bridgehead atoms. The van der Waals surface area contributed by atoms with Gasteiger partial charge in [-0.2, -0.15) is 0 Å². The van der Waals surface area contributed by atoms with Crippen LogP contribution in [-0.2, 0) is 29.7 Å². The van der Waals surface area contributed by atoms with Crippen molar-refractivity contribution in [2.75, 3.05) is 41.0 Å². The topological polar surface area (TPSA) is 70.0 Å². The van der Waals surface area contributed by atoms with Gasteiger partial charge in [0.15, 0.2) is 11.5 Å². The number of ether oxygens (including phenoxy) is 3. The number of aromatic nitrogens is 1. The normalized spacial score (nSPS) is 11.7. The molecule has 0 radical (unpaired) electrons. The molecule has 0 amide bonds. The summed E-state index contributed by atoms with van der Waals surface area (Å²) in [6, 6.07) is 12.7. The van der Waals surface area contributed by atoms with Gasteiger partial charge in [-0.15, -0.1) is 0 Å². The second kappa shape index (κ2) is 12.5. The van der Waals surface area contributed by atoms with Gasteiger partial charge >= 0.3 is 0 Å². The van der Waals surface area contributed by atoms with E-state index in [9.17, 15) is 8.42 Å². The first-order chi connectivity index (χ1) is 17.6. The molecule has 3 aromatic rings. The van der Waals surface area contributed by atoms with Crippen molar-refractivity contribution in [3.05, 3.63) is 64.8 Å². The van der Waals surface area contributed by atoms with Crippen LogP contribution in [0.5, 0.6) is 17.2 Å². The molecule has 1 aromatic heterocycles. The van der Waals surface area contributed by atoms with Crippen LogP contribution in [0.3, 0.4) is 0 Å². The number of benzene rings is 2. The Labute approximate surface area is 221 Å². The lowest BCUT2D eigenvalue weighted by Crippen LogP contribution is -2.23. The van der Waals surface area contributed by atoms with E-state index < -0.39 is 9.84 Å². The summed E-state index contributed by atoms with van der Waals surface area (Å²) in [5, 5.41) is 0.367. The van der Waals surface area contributed by atoms with Gasteiger partial charge in [0.2, 0.25) is 9.84 Å². The molecule has 0 unspecified atom stereocenters. The fourth-order valence-electron chi connectivity index (χ4n) is 4.73. The minimum absolute atomic E-state index is 0.279. The molecule has 0 saturated heterocycles. The average Bonchev–Trinajstić information content (AvgIpc) is 3.12. The van der Waals surface area contributed by atoms with Gasteiger partial charge in [-0.05, 0) is 93.2 Å². The molecule has 7 nitrogen and oxygen atoms in total. The molecule has 0 spiro atoms. The molecule has 0 atom stereocenters. The highest BCUT2D eigenvalue weighted by molar-refractivity contribution is 7.91. The highest BCUT2D eigenvalue weighted by Crippen LogP contribution is 2.31. The summed E-state index contributed by atoms with van der Waals surface area (Å²) in [4.78, 5) is 2.55. The Bertz CT molecular complexity index is 1300. The highest BCUT2D eigenvalue weighted by Gasteiger charge is 2.27. The van der Waals surface area contributed by atoms with Crippen LogP contribution in [0, 0.1) is 13.8 Å². The van der Waals surface area contributed by atoms with E-state index in [-0.39, 0.29) is 4.90 Å². The first-order valence-corrected chi connectivity index (χ1v) is 14.1. The lowest BCUT2D eigenvalue weighted by Gasteiger charge is -2.17. The Balaban J connectivity index is 1.50. The van der Waals surface area contributed by atoms with Crippen LogP contribution in [0.1, 0.15) is 35.7 Å². The number of hydrogen-bond donors (Lipinski definition) is 0. The van der Waals surface area contributed by atoms with E-state index in [0.717, 1.165) is 60.7 Å². The molecule has 0 N–H and O–H groups in total. The number of hydrogen-bond acceptors (Lipinski definition) is 6. The standard InChI is InChI=1S/C29H40N2O5S/c1-8-26-21(2)29(31(5)22(26)3)37(32,33)25-13-11-24(12-14-25)36-19-9-17-30(4)18-16-23-10-15-27(34-6)28(20-23)35-7/h10-15,20H,8-9,16-19H2,1-7H3. The van der Waals surface area contributed by atoms with Gasteiger partial charge in [-0.1, -0.05) is 13.0 Å². The second-order valence-electron chi connectivity index (χ2n) is 9.33. The fraction of sp³-hybridized carbons (Fsp3) is 0.448. The SMILES string of the molecule is CCc1c(C)c(S(=O)(=O)c2ccc(OCCCN(C)CCc3ccc(OC)c(OC)c3)cc2)n(C)c1C. The monoisotopic (exact) mass is 528 g/mol. The molecular weight excluding hydrogens is 488 g/mol. The summed E-state index contributed by atoms with van der Waals surface area (Å²) in [5.41, 5.74) is 4.11. The number of nitrogens with zero attached hydrogens (tertiary/aromatic N) is 2. The van der Waals surface area contributed by atoms with E-state index in [1.807, 2.05) is 40.0 Å². The van der Waals surface area contributed by atoms with Crippen molar-refractivity contribution in [3.8, 4) is 17.2 Å². The molecule has 8 heteroatoms. The van der Waals surface area contributed by atoms with Crippen molar-refractivity contribution in [2.24, 2.45) is 7.05 Å². The van der Waals surface area contributed by atoms with Gasteiger partial charge in [0, 0.05) is 25.8 Å². The van der Waals surface area contributed by atoms with E-state index in [1.54, 1.807) is 43.1 Å². The first kappa shape index (κ1) is 28.6. The van der Waals surface area contributed by atoms with Gasteiger partial charge in [0.1, 0.15) is 10.8 Å². The third-order valence-corrected chi connectivity index (χ3v) is 8.93. The second-order valence-corrected chi connectivity index (χ2v) is 11.2. The summed E-state index contributed by atoms with van der Waals surface area (Å²) in [5.74, 6) is 2.15. The van der Waals surface area contributed by atoms with Crippen molar-refractivity contribution in [3.63, 3.8) is 0 Å². The molecule has 202 valence electrons. The van der Waals surface area contributed by atoms with Crippen LogP contribution >= 0.6 is 0 Å². The van der Waals surface area contributed by atoms with Crippen LogP contribution in [-0.4, -0.2) is 58.8 Å². The Kier molecular flexibility index (Phi) is 9.68. The van der Waals surface area contributed by atoms with E-state index >= 15 is 0 Å². The maximum Gasteiger partial charge on any atom is 0.222 e. The molecule has 0 aliphatic rings. The predicted octanol–water partition coefficient (Wildman–Crippen LogP) is 5.00. The molecule has 0 aliphatic carbocycles. The summed E-state index contributed by atoms with van der Waals surface area (Å²) >= 11 is 0. The van der Waals surface area contributed by atoms with Gasteiger partial charge < -0.3 is 23.7 Å². The van der Waals surface area contributed by atoms with E-state index in [0.29, 0.717) is 17.4 Å².